The highest BCUT2D eigenvalue weighted by Gasteiger charge is 2.05. The summed E-state index contributed by atoms with van der Waals surface area (Å²) in [6.07, 6.45) is 0. The van der Waals surface area contributed by atoms with Crippen molar-refractivity contribution in [3.8, 4) is 6.07 Å². The second-order valence-electron chi connectivity index (χ2n) is 2.18. The van der Waals surface area contributed by atoms with E-state index in [1.807, 2.05) is 6.07 Å². The molecule has 0 fully saturated rings. The van der Waals surface area contributed by atoms with E-state index in [0.717, 1.165) is 5.69 Å². The van der Waals surface area contributed by atoms with Crippen molar-refractivity contribution in [1.29, 1.82) is 5.26 Å². The number of benzene rings is 1. The van der Waals surface area contributed by atoms with E-state index >= 15 is 0 Å². The van der Waals surface area contributed by atoms with E-state index in [2.05, 4.69) is 5.32 Å². The summed E-state index contributed by atoms with van der Waals surface area (Å²) >= 11 is 11.5. The lowest BCUT2D eigenvalue weighted by molar-refractivity contribution is 1.46. The second kappa shape index (κ2) is 3.66. The molecule has 12 heavy (non-hydrogen) atoms. The molecule has 0 aliphatic rings. The molecule has 0 aromatic heterocycles. The highest BCUT2D eigenvalue weighted by molar-refractivity contribution is 6.37. The minimum absolute atomic E-state index is 0.317. The van der Waals surface area contributed by atoms with E-state index in [0.29, 0.717) is 15.6 Å². The summed E-state index contributed by atoms with van der Waals surface area (Å²) in [4.78, 5) is 0. The molecule has 0 saturated carbocycles. The fourth-order valence-electron chi connectivity index (χ4n) is 0.824. The van der Waals surface area contributed by atoms with E-state index in [4.69, 9.17) is 28.5 Å². The molecule has 1 rings (SSSR count). The Bertz CT molecular complexity index is 318. The van der Waals surface area contributed by atoms with Gasteiger partial charge in [0.15, 0.2) is 0 Å². The van der Waals surface area contributed by atoms with E-state index < -0.39 is 0 Å². The summed E-state index contributed by atoms with van der Waals surface area (Å²) < 4.78 is 0. The maximum Gasteiger partial charge on any atom is 0.102 e. The van der Waals surface area contributed by atoms with E-state index in [-0.39, 0.29) is 0 Å². The van der Waals surface area contributed by atoms with Gasteiger partial charge in [-0.2, -0.15) is 5.26 Å². The molecule has 0 bridgehead atoms. The Kier molecular flexibility index (Phi) is 2.80. The highest BCUT2D eigenvalue weighted by atomic mass is 35.5. The minimum Gasteiger partial charge on any atom is -0.388 e. The second-order valence-corrected chi connectivity index (χ2v) is 2.99. The van der Waals surface area contributed by atoms with Gasteiger partial charge in [-0.1, -0.05) is 23.2 Å². The SMILES string of the molecule is CNc1cc(Cl)c(C#N)c(Cl)c1. The molecule has 0 unspecified atom stereocenters. The third kappa shape index (κ3) is 1.63. The van der Waals surface area contributed by atoms with Gasteiger partial charge in [-0.3, -0.25) is 0 Å². The van der Waals surface area contributed by atoms with Crippen LogP contribution in [0.5, 0.6) is 0 Å². The minimum atomic E-state index is 0.317. The number of nitrogens with one attached hydrogen (secondary N) is 1. The molecule has 4 heteroatoms. The lowest BCUT2D eigenvalue weighted by atomic mass is 10.2. The third-order valence-corrected chi connectivity index (χ3v) is 2.04. The number of anilines is 1. The first kappa shape index (κ1) is 9.18. The summed E-state index contributed by atoms with van der Waals surface area (Å²) in [6.45, 7) is 0. The molecule has 0 aliphatic heterocycles. The maximum atomic E-state index is 8.62. The van der Waals surface area contributed by atoms with E-state index in [9.17, 15) is 0 Å². The zero-order chi connectivity index (χ0) is 9.14. The van der Waals surface area contributed by atoms with Crippen molar-refractivity contribution in [2.24, 2.45) is 0 Å². The van der Waals surface area contributed by atoms with Gasteiger partial charge < -0.3 is 5.32 Å². The Morgan fingerprint density at radius 3 is 2.17 bits per heavy atom. The standard InChI is InChI=1S/C8H6Cl2N2/c1-12-5-2-7(9)6(4-11)8(10)3-5/h2-3,12H,1H3. The van der Waals surface area contributed by atoms with Gasteiger partial charge in [0, 0.05) is 12.7 Å². The van der Waals surface area contributed by atoms with Crippen LogP contribution in [0.4, 0.5) is 5.69 Å². The largest absolute Gasteiger partial charge is 0.388 e. The number of halogens is 2. The van der Waals surface area contributed by atoms with Gasteiger partial charge in [0.2, 0.25) is 0 Å². The molecule has 0 atom stereocenters. The Morgan fingerprint density at radius 2 is 1.83 bits per heavy atom. The van der Waals surface area contributed by atoms with E-state index in [1.165, 1.54) is 0 Å². The van der Waals surface area contributed by atoms with Gasteiger partial charge in [-0.25, -0.2) is 0 Å². The molecular formula is C8H6Cl2N2. The van der Waals surface area contributed by atoms with Crippen LogP contribution in [0.25, 0.3) is 0 Å². The fraction of sp³-hybridized carbons (Fsp3) is 0.125. The molecule has 62 valence electrons. The lowest BCUT2D eigenvalue weighted by Crippen LogP contribution is -1.89. The Hall–Kier alpha value is -0.910. The van der Waals surface area contributed by atoms with Crippen molar-refractivity contribution in [3.63, 3.8) is 0 Å². The van der Waals surface area contributed by atoms with Crippen LogP contribution in [0.1, 0.15) is 5.56 Å². The zero-order valence-electron chi connectivity index (χ0n) is 6.36. The number of rotatable bonds is 1. The number of hydrogen-bond acceptors (Lipinski definition) is 2. The number of nitrogens with zero attached hydrogens (tertiary/aromatic N) is 1. The summed E-state index contributed by atoms with van der Waals surface area (Å²) in [7, 11) is 1.76. The number of hydrogen-bond donors (Lipinski definition) is 1. The smallest absolute Gasteiger partial charge is 0.102 e. The summed E-state index contributed by atoms with van der Waals surface area (Å²) in [6, 6.07) is 5.24. The van der Waals surface area contributed by atoms with Gasteiger partial charge in [0.25, 0.3) is 0 Å². The maximum absolute atomic E-state index is 8.62. The van der Waals surface area contributed by atoms with Crippen molar-refractivity contribution >= 4 is 28.9 Å². The van der Waals surface area contributed by atoms with Crippen molar-refractivity contribution in [2.75, 3.05) is 12.4 Å². The first-order chi connectivity index (χ1) is 5.69. The molecule has 0 saturated heterocycles. The van der Waals surface area contributed by atoms with Crippen LogP contribution in [0.3, 0.4) is 0 Å². The average molecular weight is 201 g/mol. The topological polar surface area (TPSA) is 35.8 Å². The predicted molar refractivity (Wildman–Crippen MR) is 50.7 cm³/mol. The monoisotopic (exact) mass is 200 g/mol. The number of nitriles is 1. The van der Waals surface area contributed by atoms with Crippen LogP contribution in [0.2, 0.25) is 10.0 Å². The molecule has 0 amide bonds. The van der Waals surface area contributed by atoms with Crippen molar-refractivity contribution in [1.82, 2.24) is 0 Å². The Balaban J connectivity index is 3.30. The molecule has 0 heterocycles. The fourth-order valence-corrected chi connectivity index (χ4v) is 1.40. The molecule has 0 spiro atoms. The molecule has 1 N–H and O–H groups in total. The van der Waals surface area contributed by atoms with Crippen molar-refractivity contribution in [2.45, 2.75) is 0 Å². The Morgan fingerprint density at radius 1 is 1.33 bits per heavy atom. The molecule has 0 aliphatic carbocycles. The van der Waals surface area contributed by atoms with Gasteiger partial charge in [-0.15, -0.1) is 0 Å². The highest BCUT2D eigenvalue weighted by Crippen LogP contribution is 2.27. The molecule has 0 radical (unpaired) electrons. The summed E-state index contributed by atoms with van der Waals surface area (Å²) in [5.41, 5.74) is 1.11. The predicted octanol–water partition coefficient (Wildman–Crippen LogP) is 2.91. The molecule has 1 aromatic rings. The Labute approximate surface area is 80.7 Å². The van der Waals surface area contributed by atoms with Crippen LogP contribution in [0.15, 0.2) is 12.1 Å². The summed E-state index contributed by atoms with van der Waals surface area (Å²) in [5, 5.41) is 12.2. The molecule has 1 aromatic carbocycles. The first-order valence-corrected chi connectivity index (χ1v) is 4.01. The van der Waals surface area contributed by atoms with Crippen LogP contribution in [0, 0.1) is 11.3 Å². The third-order valence-electron chi connectivity index (χ3n) is 1.44. The lowest BCUT2D eigenvalue weighted by Gasteiger charge is -2.03. The molecular weight excluding hydrogens is 195 g/mol. The van der Waals surface area contributed by atoms with Gasteiger partial charge >= 0.3 is 0 Å². The van der Waals surface area contributed by atoms with Crippen molar-refractivity contribution in [3.05, 3.63) is 27.7 Å². The normalized spacial score (nSPS) is 9.17. The summed E-state index contributed by atoms with van der Waals surface area (Å²) in [5.74, 6) is 0. The zero-order valence-corrected chi connectivity index (χ0v) is 7.87. The van der Waals surface area contributed by atoms with Crippen LogP contribution in [-0.2, 0) is 0 Å². The molecule has 2 nitrogen and oxygen atoms in total. The first-order valence-electron chi connectivity index (χ1n) is 3.26. The van der Waals surface area contributed by atoms with Crippen molar-refractivity contribution < 1.29 is 0 Å². The average Bonchev–Trinajstić information content (AvgIpc) is 2.03. The van der Waals surface area contributed by atoms with Gasteiger partial charge in [0.05, 0.1) is 15.6 Å². The van der Waals surface area contributed by atoms with Crippen LogP contribution < -0.4 is 5.32 Å². The quantitative estimate of drug-likeness (QED) is 0.758. The van der Waals surface area contributed by atoms with Gasteiger partial charge in [-0.05, 0) is 12.1 Å². The van der Waals surface area contributed by atoms with Crippen LogP contribution >= 0.6 is 23.2 Å². The van der Waals surface area contributed by atoms with Gasteiger partial charge in [0.1, 0.15) is 6.07 Å². The van der Waals surface area contributed by atoms with Crippen LogP contribution in [-0.4, -0.2) is 7.05 Å². The van der Waals surface area contributed by atoms with E-state index in [1.54, 1.807) is 19.2 Å².